The molecule has 1 aliphatic rings. The highest BCUT2D eigenvalue weighted by Gasteiger charge is 2.35. The number of hydrogen-bond donors (Lipinski definition) is 0. The molecule has 0 radical (unpaired) electrons. The minimum atomic E-state index is -0.493. The van der Waals surface area contributed by atoms with E-state index in [1.807, 2.05) is 26.0 Å². The van der Waals surface area contributed by atoms with Crippen molar-refractivity contribution in [3.63, 3.8) is 0 Å². The van der Waals surface area contributed by atoms with Gasteiger partial charge in [0.05, 0.1) is 17.8 Å². The van der Waals surface area contributed by atoms with Gasteiger partial charge < -0.3 is 4.90 Å². The van der Waals surface area contributed by atoms with E-state index in [2.05, 4.69) is 6.07 Å². The summed E-state index contributed by atoms with van der Waals surface area (Å²) in [4.78, 5) is 25.7. The summed E-state index contributed by atoms with van der Waals surface area (Å²) >= 11 is 5.90. The van der Waals surface area contributed by atoms with Gasteiger partial charge >= 0.3 is 0 Å². The predicted octanol–water partition coefficient (Wildman–Crippen LogP) is 3.69. The van der Waals surface area contributed by atoms with Crippen LogP contribution in [0.2, 0.25) is 5.02 Å². The molecule has 0 N–H and O–H groups in total. The predicted molar refractivity (Wildman–Crippen MR) is 82.9 cm³/mol. The number of aryl methyl sites for hydroxylation is 2. The van der Waals surface area contributed by atoms with E-state index in [1.165, 1.54) is 10.5 Å². The number of hydrogen-bond acceptors (Lipinski definition) is 2. The monoisotopic (exact) mass is 299 g/mol. The van der Waals surface area contributed by atoms with Gasteiger partial charge in [-0.05, 0) is 43.2 Å². The van der Waals surface area contributed by atoms with E-state index in [1.54, 1.807) is 18.2 Å². The topological polar surface area (TPSA) is 37.4 Å². The Bertz CT molecular complexity index is 767. The molecule has 4 heteroatoms. The number of halogens is 1. The molecule has 0 aliphatic carbocycles. The summed E-state index contributed by atoms with van der Waals surface area (Å²) in [6.45, 7) is 4.43. The summed E-state index contributed by atoms with van der Waals surface area (Å²) in [6, 6.07) is 11.1. The maximum atomic E-state index is 12.2. The van der Waals surface area contributed by atoms with Gasteiger partial charge in [0.1, 0.15) is 0 Å². The van der Waals surface area contributed by atoms with E-state index in [4.69, 9.17) is 11.6 Å². The lowest BCUT2D eigenvalue weighted by molar-refractivity contribution is -0.114. The van der Waals surface area contributed by atoms with Gasteiger partial charge in [0, 0.05) is 5.02 Å². The number of benzene rings is 2. The first-order valence-corrected chi connectivity index (χ1v) is 7.07. The van der Waals surface area contributed by atoms with Gasteiger partial charge in [-0.25, -0.2) is 0 Å². The van der Waals surface area contributed by atoms with Gasteiger partial charge in [-0.2, -0.15) is 0 Å². The average molecular weight is 300 g/mol. The van der Waals surface area contributed by atoms with Crippen LogP contribution in [0.3, 0.4) is 0 Å². The number of carbonyl (C=O) groups excluding carboxylic acids is 2. The van der Waals surface area contributed by atoms with Crippen LogP contribution >= 0.6 is 11.6 Å². The van der Waals surface area contributed by atoms with E-state index < -0.39 is 11.7 Å². The molecule has 0 unspecified atom stereocenters. The molecule has 2 aromatic rings. The van der Waals surface area contributed by atoms with Crippen molar-refractivity contribution in [1.82, 2.24) is 0 Å². The maximum absolute atomic E-state index is 12.2. The molecule has 0 saturated carbocycles. The van der Waals surface area contributed by atoms with Gasteiger partial charge in [-0.1, -0.05) is 35.4 Å². The van der Waals surface area contributed by atoms with E-state index in [9.17, 15) is 9.59 Å². The van der Waals surface area contributed by atoms with Gasteiger partial charge in [-0.15, -0.1) is 0 Å². The van der Waals surface area contributed by atoms with Crippen LogP contribution in [0, 0.1) is 13.8 Å². The van der Waals surface area contributed by atoms with Crippen molar-refractivity contribution in [2.24, 2.45) is 0 Å². The molecular formula is C17H14ClNO2. The first-order chi connectivity index (χ1) is 9.97. The van der Waals surface area contributed by atoms with Gasteiger partial charge in [0.2, 0.25) is 0 Å². The minimum Gasteiger partial charge on any atom is -0.300 e. The molecule has 1 heterocycles. The molecule has 0 atom stereocenters. The number of fused-ring (bicyclic) bond motifs is 1. The highest BCUT2D eigenvalue weighted by molar-refractivity contribution is 6.52. The Balaban J connectivity index is 2.00. The Kier molecular flexibility index (Phi) is 3.30. The zero-order chi connectivity index (χ0) is 15.1. The Hall–Kier alpha value is -2.13. The van der Waals surface area contributed by atoms with Crippen LogP contribution in [-0.2, 0) is 11.3 Å². The molecule has 0 fully saturated rings. The van der Waals surface area contributed by atoms with Crippen molar-refractivity contribution in [2.45, 2.75) is 20.4 Å². The highest BCUT2D eigenvalue weighted by Crippen LogP contribution is 2.32. The maximum Gasteiger partial charge on any atom is 0.299 e. The summed E-state index contributed by atoms with van der Waals surface area (Å²) in [5.74, 6) is -0.982. The van der Waals surface area contributed by atoms with Gasteiger partial charge in [-0.3, -0.25) is 9.59 Å². The summed E-state index contributed by atoms with van der Waals surface area (Å²) in [5.41, 5.74) is 4.33. The third-order valence-electron chi connectivity index (χ3n) is 3.76. The van der Waals surface area contributed by atoms with Crippen LogP contribution in [-0.4, -0.2) is 11.7 Å². The number of rotatable bonds is 2. The number of ketones is 1. The first kappa shape index (κ1) is 13.8. The second-order valence-electron chi connectivity index (χ2n) is 5.31. The lowest BCUT2D eigenvalue weighted by Gasteiger charge is -2.18. The molecule has 21 heavy (non-hydrogen) atoms. The van der Waals surface area contributed by atoms with Crippen molar-refractivity contribution in [3.05, 3.63) is 63.7 Å². The Morgan fingerprint density at radius 3 is 2.52 bits per heavy atom. The summed E-state index contributed by atoms with van der Waals surface area (Å²) in [6.07, 6.45) is 0. The normalized spacial score (nSPS) is 13.8. The molecule has 0 bridgehead atoms. The smallest absolute Gasteiger partial charge is 0.299 e. The van der Waals surface area contributed by atoms with Crippen molar-refractivity contribution < 1.29 is 9.59 Å². The highest BCUT2D eigenvalue weighted by atomic mass is 35.5. The second-order valence-corrected chi connectivity index (χ2v) is 5.75. The quantitative estimate of drug-likeness (QED) is 0.793. The molecule has 2 aromatic carbocycles. The molecule has 3 rings (SSSR count). The number of carbonyl (C=O) groups is 2. The first-order valence-electron chi connectivity index (χ1n) is 6.69. The largest absolute Gasteiger partial charge is 0.300 e. The number of anilines is 1. The summed E-state index contributed by atoms with van der Waals surface area (Å²) in [5, 5.41) is 0.461. The zero-order valence-electron chi connectivity index (χ0n) is 11.8. The lowest BCUT2D eigenvalue weighted by Crippen LogP contribution is -2.29. The van der Waals surface area contributed by atoms with Gasteiger partial charge in [0.15, 0.2) is 0 Å². The fourth-order valence-electron chi connectivity index (χ4n) is 2.62. The van der Waals surface area contributed by atoms with E-state index in [-0.39, 0.29) is 0 Å². The Morgan fingerprint density at radius 1 is 1.05 bits per heavy atom. The lowest BCUT2D eigenvalue weighted by atomic mass is 10.1. The Labute approximate surface area is 128 Å². The fourth-order valence-corrected chi connectivity index (χ4v) is 2.80. The summed E-state index contributed by atoms with van der Waals surface area (Å²) < 4.78 is 0. The molecule has 3 nitrogen and oxygen atoms in total. The van der Waals surface area contributed by atoms with E-state index in [0.29, 0.717) is 22.8 Å². The van der Waals surface area contributed by atoms with Crippen LogP contribution < -0.4 is 4.90 Å². The average Bonchev–Trinajstić information content (AvgIpc) is 2.66. The molecule has 1 aliphatic heterocycles. The molecule has 106 valence electrons. The Morgan fingerprint density at radius 2 is 1.81 bits per heavy atom. The molecule has 0 aromatic heterocycles. The standard InChI is InChI=1S/C17H14ClNO2/c1-10-3-4-12(11(2)7-10)9-19-15-6-5-13(18)8-14(15)16(20)17(19)21/h3-8H,9H2,1-2H3. The minimum absolute atomic E-state index is 0.386. The SMILES string of the molecule is Cc1ccc(CN2C(=O)C(=O)c3cc(Cl)ccc32)c(C)c1. The van der Waals surface area contributed by atoms with E-state index in [0.717, 1.165) is 11.1 Å². The number of nitrogens with zero attached hydrogens (tertiary/aromatic N) is 1. The van der Waals surface area contributed by atoms with Crippen molar-refractivity contribution >= 4 is 29.0 Å². The van der Waals surface area contributed by atoms with Crippen LogP contribution in [0.5, 0.6) is 0 Å². The number of amides is 1. The zero-order valence-corrected chi connectivity index (χ0v) is 12.6. The van der Waals surface area contributed by atoms with Crippen LogP contribution in [0.25, 0.3) is 0 Å². The van der Waals surface area contributed by atoms with Crippen LogP contribution in [0.1, 0.15) is 27.0 Å². The van der Waals surface area contributed by atoms with Crippen molar-refractivity contribution in [3.8, 4) is 0 Å². The molecular weight excluding hydrogens is 286 g/mol. The molecule has 0 spiro atoms. The van der Waals surface area contributed by atoms with Gasteiger partial charge in [0.25, 0.3) is 11.7 Å². The van der Waals surface area contributed by atoms with Crippen molar-refractivity contribution in [2.75, 3.05) is 4.90 Å². The third-order valence-corrected chi connectivity index (χ3v) is 4.00. The third kappa shape index (κ3) is 2.34. The summed E-state index contributed by atoms with van der Waals surface area (Å²) in [7, 11) is 0. The van der Waals surface area contributed by atoms with Crippen LogP contribution in [0.4, 0.5) is 5.69 Å². The molecule has 1 amide bonds. The second kappa shape index (κ2) is 5.01. The van der Waals surface area contributed by atoms with Crippen LogP contribution in [0.15, 0.2) is 36.4 Å². The molecule has 0 saturated heterocycles. The van der Waals surface area contributed by atoms with E-state index >= 15 is 0 Å². The van der Waals surface area contributed by atoms with Crippen molar-refractivity contribution in [1.29, 1.82) is 0 Å². The number of Topliss-reactive ketones (excluding diaryl/α,β-unsaturated/α-hetero) is 1. The fraction of sp³-hybridized carbons (Fsp3) is 0.176.